The van der Waals surface area contributed by atoms with Crippen molar-refractivity contribution in [3.8, 4) is 0 Å². The average molecular weight is 235 g/mol. The van der Waals surface area contributed by atoms with E-state index in [4.69, 9.17) is 0 Å². The van der Waals surface area contributed by atoms with Gasteiger partial charge in [-0.05, 0) is 18.6 Å². The summed E-state index contributed by atoms with van der Waals surface area (Å²) in [4.78, 5) is 13.3. The van der Waals surface area contributed by atoms with Crippen molar-refractivity contribution in [3.63, 3.8) is 0 Å². The van der Waals surface area contributed by atoms with Crippen molar-refractivity contribution in [2.45, 2.75) is 32.6 Å². The maximum Gasteiger partial charge on any atom is 0.348 e. The first kappa shape index (κ1) is 11.9. The Labute approximate surface area is 101 Å². The summed E-state index contributed by atoms with van der Waals surface area (Å²) in [6.45, 7) is 2.81. The highest BCUT2D eigenvalue weighted by Crippen LogP contribution is 2.33. The molecule has 2 rings (SSSR count). The van der Waals surface area contributed by atoms with Gasteiger partial charge in [-0.1, -0.05) is 26.2 Å². The molecule has 0 saturated heterocycles. The minimum absolute atomic E-state index is 0.276. The fourth-order valence-electron chi connectivity index (χ4n) is 1.99. The van der Waals surface area contributed by atoms with E-state index in [1.165, 1.54) is 25.0 Å². The Hall–Kier alpha value is -1.58. The first-order valence-electron chi connectivity index (χ1n) is 6.05. The van der Waals surface area contributed by atoms with Crippen molar-refractivity contribution in [1.82, 2.24) is 5.32 Å². The van der Waals surface area contributed by atoms with E-state index in [0.29, 0.717) is 12.2 Å². The second-order valence-electron chi connectivity index (χ2n) is 4.24. The van der Waals surface area contributed by atoms with Crippen LogP contribution in [0.1, 0.15) is 32.6 Å². The van der Waals surface area contributed by atoms with E-state index in [9.17, 15) is 9.18 Å². The molecular weight excluding hydrogens is 219 g/mol. The number of unbranched alkanes of at least 4 members (excludes halogenated alkanes) is 3. The van der Waals surface area contributed by atoms with Gasteiger partial charge in [-0.2, -0.15) is 5.32 Å². The second-order valence-corrected chi connectivity index (χ2v) is 4.24. The number of hydrogen-bond acceptors (Lipinski definition) is 1. The molecule has 1 radical (unpaired) electrons. The van der Waals surface area contributed by atoms with Crippen LogP contribution in [-0.4, -0.2) is 12.6 Å². The van der Waals surface area contributed by atoms with Crippen molar-refractivity contribution in [1.29, 1.82) is 0 Å². The minimum Gasteiger partial charge on any atom is -0.290 e. The van der Waals surface area contributed by atoms with Crippen LogP contribution in [-0.2, 0) is 0 Å². The molecule has 2 amide bonds. The predicted octanol–water partition coefficient (Wildman–Crippen LogP) is 3.58. The lowest BCUT2D eigenvalue weighted by Crippen LogP contribution is -2.29. The number of fused-ring (bicyclic) bond motifs is 1. The lowest BCUT2D eigenvalue weighted by Gasteiger charge is -2.14. The normalized spacial score (nSPS) is 13.8. The van der Waals surface area contributed by atoms with Crippen molar-refractivity contribution >= 4 is 17.4 Å². The van der Waals surface area contributed by atoms with Crippen LogP contribution >= 0.6 is 0 Å². The molecule has 0 aromatic heterocycles. The van der Waals surface area contributed by atoms with Gasteiger partial charge in [-0.15, -0.1) is 0 Å². The molecule has 4 heteroatoms. The fourth-order valence-corrected chi connectivity index (χ4v) is 1.99. The van der Waals surface area contributed by atoms with Crippen molar-refractivity contribution in [2.75, 3.05) is 11.4 Å². The highest BCUT2D eigenvalue weighted by Gasteiger charge is 2.28. The lowest BCUT2D eigenvalue weighted by atomic mass is 10.2. The van der Waals surface area contributed by atoms with E-state index in [2.05, 4.69) is 12.2 Å². The van der Waals surface area contributed by atoms with Gasteiger partial charge in [0.05, 0.1) is 11.4 Å². The van der Waals surface area contributed by atoms with Crippen molar-refractivity contribution in [2.24, 2.45) is 0 Å². The van der Waals surface area contributed by atoms with Gasteiger partial charge < -0.3 is 0 Å². The number of anilines is 1. The van der Waals surface area contributed by atoms with Gasteiger partial charge in [0.2, 0.25) is 0 Å². The Balaban J connectivity index is 2.02. The Morgan fingerprint density at radius 3 is 2.88 bits per heavy atom. The van der Waals surface area contributed by atoms with Crippen LogP contribution in [0.15, 0.2) is 18.2 Å². The van der Waals surface area contributed by atoms with Crippen LogP contribution < -0.4 is 10.2 Å². The quantitative estimate of drug-likeness (QED) is 0.718. The molecule has 1 aromatic carbocycles. The van der Waals surface area contributed by atoms with Crippen LogP contribution in [0.4, 0.5) is 20.6 Å². The SMILES string of the molecule is CCCCCCN1C(=O)[N]c2cc(F)ccc21. The zero-order valence-corrected chi connectivity index (χ0v) is 9.95. The third-order valence-electron chi connectivity index (χ3n) is 2.91. The van der Waals surface area contributed by atoms with Gasteiger partial charge in [0, 0.05) is 12.6 Å². The molecule has 0 N–H and O–H groups in total. The number of rotatable bonds is 5. The first-order chi connectivity index (χ1) is 8.22. The Bertz CT molecular complexity index is 420. The molecule has 0 fully saturated rings. The first-order valence-corrected chi connectivity index (χ1v) is 6.05. The van der Waals surface area contributed by atoms with E-state index in [0.717, 1.165) is 18.5 Å². The van der Waals surface area contributed by atoms with Crippen molar-refractivity contribution < 1.29 is 9.18 Å². The van der Waals surface area contributed by atoms with Crippen LogP contribution in [0.3, 0.4) is 0 Å². The molecule has 0 bridgehead atoms. The summed E-state index contributed by atoms with van der Waals surface area (Å²) in [6, 6.07) is 4.02. The molecule has 0 aliphatic carbocycles. The molecule has 1 aromatic rings. The molecule has 3 nitrogen and oxygen atoms in total. The molecule has 0 spiro atoms. The Morgan fingerprint density at radius 1 is 1.29 bits per heavy atom. The van der Waals surface area contributed by atoms with E-state index >= 15 is 0 Å². The number of carbonyl (C=O) groups is 1. The molecule has 91 valence electrons. The number of nitrogens with zero attached hydrogens (tertiary/aromatic N) is 2. The van der Waals surface area contributed by atoms with Crippen LogP contribution in [0.25, 0.3) is 0 Å². The fraction of sp³-hybridized carbons (Fsp3) is 0.462. The second kappa shape index (κ2) is 5.17. The number of urea groups is 1. The molecule has 0 atom stereocenters. The number of benzene rings is 1. The zero-order valence-electron chi connectivity index (χ0n) is 9.95. The topological polar surface area (TPSA) is 34.4 Å². The van der Waals surface area contributed by atoms with Gasteiger partial charge in [-0.25, -0.2) is 9.18 Å². The molecule has 1 aliphatic heterocycles. The van der Waals surface area contributed by atoms with Gasteiger partial charge in [-0.3, -0.25) is 4.90 Å². The lowest BCUT2D eigenvalue weighted by molar-refractivity contribution is 0.251. The van der Waals surface area contributed by atoms with E-state index in [1.54, 1.807) is 11.0 Å². The third kappa shape index (κ3) is 2.57. The minimum atomic E-state index is -0.354. The Kier molecular flexibility index (Phi) is 3.61. The number of halogens is 1. The molecule has 17 heavy (non-hydrogen) atoms. The third-order valence-corrected chi connectivity index (χ3v) is 2.91. The molecule has 0 saturated carbocycles. The number of amides is 2. The van der Waals surface area contributed by atoms with Gasteiger partial charge in [0.15, 0.2) is 0 Å². The highest BCUT2D eigenvalue weighted by atomic mass is 19.1. The predicted molar refractivity (Wildman–Crippen MR) is 65.1 cm³/mol. The summed E-state index contributed by atoms with van der Waals surface area (Å²) >= 11 is 0. The maximum atomic E-state index is 13.0. The largest absolute Gasteiger partial charge is 0.348 e. The molecular formula is C13H16FN2O. The van der Waals surface area contributed by atoms with Gasteiger partial charge in [0.1, 0.15) is 5.82 Å². The maximum absolute atomic E-state index is 13.0. The number of carbonyl (C=O) groups excluding carboxylic acids is 1. The number of hydrogen-bond donors (Lipinski definition) is 0. The average Bonchev–Trinajstić information content (AvgIpc) is 2.60. The van der Waals surface area contributed by atoms with Crippen LogP contribution in [0.2, 0.25) is 0 Å². The van der Waals surface area contributed by atoms with Crippen LogP contribution in [0.5, 0.6) is 0 Å². The summed E-state index contributed by atoms with van der Waals surface area (Å²) in [5.41, 5.74) is 1.18. The highest BCUT2D eigenvalue weighted by molar-refractivity contribution is 6.04. The standard InChI is InChI=1S/C13H16FN2O/c1-2-3-4-5-8-16-12-7-6-10(14)9-11(12)15-13(16)17/h6-7,9H,2-5,8H2,1H3. The summed E-state index contributed by atoms with van der Waals surface area (Å²) < 4.78 is 13.0. The summed E-state index contributed by atoms with van der Waals surface area (Å²) in [5, 5.41) is 3.84. The summed E-state index contributed by atoms with van der Waals surface area (Å²) in [6.07, 6.45) is 4.41. The monoisotopic (exact) mass is 235 g/mol. The molecule has 0 unspecified atom stereocenters. The smallest absolute Gasteiger partial charge is 0.290 e. The van der Waals surface area contributed by atoms with E-state index in [1.807, 2.05) is 0 Å². The molecule has 1 heterocycles. The zero-order chi connectivity index (χ0) is 12.3. The van der Waals surface area contributed by atoms with E-state index in [-0.39, 0.29) is 11.8 Å². The summed E-state index contributed by atoms with van der Waals surface area (Å²) in [7, 11) is 0. The Morgan fingerprint density at radius 2 is 2.12 bits per heavy atom. The van der Waals surface area contributed by atoms with Gasteiger partial charge >= 0.3 is 6.03 Å². The summed E-state index contributed by atoms with van der Waals surface area (Å²) in [5.74, 6) is -0.354. The van der Waals surface area contributed by atoms with Crippen molar-refractivity contribution in [3.05, 3.63) is 24.0 Å². The van der Waals surface area contributed by atoms with Gasteiger partial charge in [0.25, 0.3) is 0 Å². The van der Waals surface area contributed by atoms with E-state index < -0.39 is 0 Å². The van der Waals surface area contributed by atoms with Crippen LogP contribution in [0, 0.1) is 5.82 Å². The molecule has 1 aliphatic rings.